The van der Waals surface area contributed by atoms with Crippen LogP contribution in [-0.2, 0) is 38.3 Å². The largest absolute Gasteiger partial charge is 0.480 e. The van der Waals surface area contributed by atoms with Crippen LogP contribution in [0, 0.1) is 5.41 Å². The van der Waals surface area contributed by atoms with Gasteiger partial charge in [0.25, 0.3) is 0 Å². The van der Waals surface area contributed by atoms with Gasteiger partial charge in [-0.1, -0.05) is 0 Å². The van der Waals surface area contributed by atoms with Crippen molar-refractivity contribution in [3.63, 3.8) is 0 Å². The van der Waals surface area contributed by atoms with Crippen LogP contribution in [0.4, 0.5) is 39.5 Å². The molecule has 0 aromatic carbocycles. The number of alkyl halides is 9. The molecule has 264 valence electrons. The molecule has 0 saturated carbocycles. The molecular weight excluding hydrogens is 669 g/mol. The van der Waals surface area contributed by atoms with Gasteiger partial charge in [0.05, 0.1) is 25.9 Å². The van der Waals surface area contributed by atoms with Crippen LogP contribution in [0.3, 0.4) is 0 Å². The van der Waals surface area contributed by atoms with Crippen LogP contribution in [0.15, 0.2) is 0 Å². The van der Waals surface area contributed by atoms with Crippen LogP contribution in [-0.4, -0.2) is 148 Å². The van der Waals surface area contributed by atoms with Crippen molar-refractivity contribution in [3.05, 3.63) is 0 Å². The smallest absolute Gasteiger partial charge is 0.389 e. The van der Waals surface area contributed by atoms with Gasteiger partial charge in [0.15, 0.2) is 0 Å². The van der Waals surface area contributed by atoms with E-state index in [1.165, 1.54) is 0 Å². The first-order valence-electron chi connectivity index (χ1n) is 12.1. The van der Waals surface area contributed by atoms with Crippen molar-refractivity contribution in [1.82, 2.24) is 14.7 Å². The average molecular weight is 695 g/mol. The van der Waals surface area contributed by atoms with E-state index in [0.29, 0.717) is 0 Å². The minimum atomic E-state index is -5.61. The molecule has 0 spiro atoms. The molecule has 0 fully saturated rings. The molecule has 24 heteroatoms. The molecule has 46 heavy (non-hydrogen) atoms. The quantitative estimate of drug-likeness (QED) is 0.137. The maximum Gasteiger partial charge on any atom is 0.389 e. The summed E-state index contributed by atoms with van der Waals surface area (Å²) < 4.78 is 122. The fourth-order valence-electron chi connectivity index (χ4n) is 3.94. The monoisotopic (exact) mass is 695 g/mol. The number of carbonyl (C=O) groups excluding carboxylic acids is 3. The van der Waals surface area contributed by atoms with Gasteiger partial charge < -0.3 is 39.9 Å². The van der Waals surface area contributed by atoms with Crippen molar-refractivity contribution >= 4 is 41.6 Å². The van der Waals surface area contributed by atoms with E-state index in [1.807, 2.05) is 0 Å². The van der Waals surface area contributed by atoms with Gasteiger partial charge >= 0.3 is 42.4 Å². The molecule has 4 N–H and O–H groups in total. The number of carbonyl (C=O) groups is 7. The maximum absolute atomic E-state index is 13.1. The Morgan fingerprint density at radius 1 is 0.457 bits per heavy atom. The van der Waals surface area contributed by atoms with Crippen molar-refractivity contribution in [2.24, 2.45) is 5.41 Å². The van der Waals surface area contributed by atoms with E-state index in [0.717, 1.165) is 0 Å². The number of hydrogen-bond acceptors (Lipinski definition) is 8. The Morgan fingerprint density at radius 3 is 0.957 bits per heavy atom. The molecule has 0 radical (unpaired) electrons. The number of carboxylic acid groups (broad SMARTS) is 4. The Balaban J connectivity index is 6.41. The van der Waals surface area contributed by atoms with Crippen molar-refractivity contribution < 1.29 is 98.2 Å². The third-order valence-electron chi connectivity index (χ3n) is 5.37. The predicted octanol–water partition coefficient (Wildman–Crippen LogP) is 0.671. The summed E-state index contributed by atoms with van der Waals surface area (Å²) >= 11 is 0. The van der Waals surface area contributed by atoms with E-state index in [4.69, 9.17) is 20.4 Å². The lowest BCUT2D eigenvalue weighted by atomic mass is 9.78. The number of hydrogen-bond donors (Lipinski definition) is 4. The topological polar surface area (TPSA) is 219 Å². The lowest BCUT2D eigenvalue weighted by Gasteiger charge is -2.35. The molecule has 3 amide bonds. The molecule has 0 aliphatic rings. The van der Waals surface area contributed by atoms with Gasteiger partial charge in [-0.05, 0) is 0 Å². The second kappa shape index (κ2) is 16.8. The van der Waals surface area contributed by atoms with Gasteiger partial charge in [0.1, 0.15) is 45.9 Å². The highest BCUT2D eigenvalue weighted by Gasteiger charge is 2.54. The molecule has 0 aliphatic heterocycles. The molecule has 0 rings (SSSR count). The zero-order chi connectivity index (χ0) is 36.3. The molecule has 0 aromatic heterocycles. The van der Waals surface area contributed by atoms with E-state index >= 15 is 0 Å². The number of halogens is 9. The normalized spacial score (nSPS) is 12.3. The number of amides is 3. The second-order valence-electron chi connectivity index (χ2n) is 9.69. The fourth-order valence-corrected chi connectivity index (χ4v) is 3.94. The van der Waals surface area contributed by atoms with E-state index in [9.17, 15) is 73.1 Å². The predicted molar refractivity (Wildman–Crippen MR) is 126 cm³/mol. The van der Waals surface area contributed by atoms with Gasteiger partial charge in [-0.2, -0.15) is 39.5 Å². The number of rotatable bonds is 19. The number of carboxylic acids is 4. The highest BCUT2D eigenvalue weighted by Crippen LogP contribution is 2.48. The Kier molecular flexibility index (Phi) is 15.2. The summed E-state index contributed by atoms with van der Waals surface area (Å²) in [5, 5.41) is 35.6. The lowest BCUT2D eigenvalue weighted by Crippen LogP contribution is -2.51. The fraction of sp³-hybridized carbons (Fsp3) is 0.682. The van der Waals surface area contributed by atoms with Crippen LogP contribution < -0.4 is 0 Å². The third kappa shape index (κ3) is 18.4. The second-order valence-corrected chi connectivity index (χ2v) is 9.69. The summed E-state index contributed by atoms with van der Waals surface area (Å²) in [5.41, 5.74) is -3.76. The zero-order valence-corrected chi connectivity index (χ0v) is 23.1. The van der Waals surface area contributed by atoms with Crippen LogP contribution in [0.2, 0.25) is 0 Å². The van der Waals surface area contributed by atoms with E-state index in [2.05, 4.69) is 4.74 Å². The first-order chi connectivity index (χ1) is 20.6. The molecule has 15 nitrogen and oxygen atoms in total. The van der Waals surface area contributed by atoms with Gasteiger partial charge in [0, 0.05) is 5.41 Å². The van der Waals surface area contributed by atoms with Crippen molar-refractivity contribution in [2.45, 2.75) is 37.8 Å². The van der Waals surface area contributed by atoms with Crippen LogP contribution in [0.5, 0.6) is 0 Å². The van der Waals surface area contributed by atoms with E-state index < -0.39 is 137 Å². The molecule has 0 bridgehead atoms. The number of aliphatic carboxylic acids is 4. The minimum Gasteiger partial charge on any atom is -0.480 e. The summed E-state index contributed by atoms with van der Waals surface area (Å²) in [4.78, 5) is 82.3. The zero-order valence-electron chi connectivity index (χ0n) is 23.1. The summed E-state index contributed by atoms with van der Waals surface area (Å²) in [6.45, 7) is -12.0. The van der Waals surface area contributed by atoms with Gasteiger partial charge in [-0.25, -0.2) is 0 Å². The number of nitrogens with zero attached hydrogens (tertiary/aromatic N) is 3. The standard InChI is InChI=1S/C22H26F9N3O12/c23-20(24,25)8-19(9-21(26,27)28,10-22(29,30)31)11-46-7-14(37)32(1-12(35)33(3-15(38)39)4-16(40)41)2-13(36)34(5-17(42)43)6-18(44)45/h1-11H2,(H,38,39)(H,40,41)(H,42,43)(H,44,45). The van der Waals surface area contributed by atoms with Gasteiger partial charge in [0.2, 0.25) is 17.7 Å². The summed E-state index contributed by atoms with van der Waals surface area (Å²) in [5.74, 6) is -12.0. The number of ether oxygens (including phenoxy) is 1. The minimum absolute atomic E-state index is 0.0109. The SMILES string of the molecule is O=C(O)CN(CC(=O)O)C(=O)CN(CC(=O)N(CC(=O)O)CC(=O)O)C(=O)COCC(CC(F)(F)F)(CC(F)(F)F)CC(F)(F)F. The Morgan fingerprint density at radius 2 is 0.717 bits per heavy atom. The summed E-state index contributed by atoms with van der Waals surface area (Å²) in [7, 11) is 0. The maximum atomic E-state index is 13.1. The van der Waals surface area contributed by atoms with Crippen molar-refractivity contribution in [2.75, 3.05) is 52.5 Å². The van der Waals surface area contributed by atoms with Crippen molar-refractivity contribution in [1.29, 1.82) is 0 Å². The van der Waals surface area contributed by atoms with Gasteiger partial charge in [-0.3, -0.25) is 33.6 Å². The van der Waals surface area contributed by atoms with Gasteiger partial charge in [-0.15, -0.1) is 0 Å². The highest BCUT2D eigenvalue weighted by atomic mass is 19.4. The first-order valence-corrected chi connectivity index (χ1v) is 12.1. The Bertz CT molecular complexity index is 1020. The highest BCUT2D eigenvalue weighted by molar-refractivity contribution is 5.93. The molecule has 0 aliphatic carbocycles. The average Bonchev–Trinajstić information content (AvgIpc) is 2.77. The van der Waals surface area contributed by atoms with Crippen LogP contribution >= 0.6 is 0 Å². The Hall–Kier alpha value is -4.38. The van der Waals surface area contributed by atoms with Crippen molar-refractivity contribution in [3.8, 4) is 0 Å². The van der Waals surface area contributed by atoms with E-state index in [-0.39, 0.29) is 14.7 Å². The molecule has 0 atom stereocenters. The van der Waals surface area contributed by atoms with Crippen LogP contribution in [0.25, 0.3) is 0 Å². The first kappa shape index (κ1) is 41.6. The molecular formula is C22H26F9N3O12. The summed E-state index contributed by atoms with van der Waals surface area (Å²) in [6.07, 6.45) is -24.9. The molecule has 0 unspecified atom stereocenters. The Labute approximate surface area is 251 Å². The third-order valence-corrected chi connectivity index (χ3v) is 5.37. The molecule has 0 aromatic rings. The van der Waals surface area contributed by atoms with E-state index in [1.54, 1.807) is 0 Å². The molecule has 0 heterocycles. The molecule has 0 saturated heterocycles. The lowest BCUT2D eigenvalue weighted by molar-refractivity contribution is -0.235. The van der Waals surface area contributed by atoms with Crippen LogP contribution in [0.1, 0.15) is 19.3 Å². The summed E-state index contributed by atoms with van der Waals surface area (Å²) in [6, 6.07) is 0.